The van der Waals surface area contributed by atoms with E-state index in [9.17, 15) is 4.79 Å². The third-order valence-corrected chi connectivity index (χ3v) is 3.83. The Morgan fingerprint density at radius 3 is 2.95 bits per heavy atom. The molecule has 0 radical (unpaired) electrons. The summed E-state index contributed by atoms with van der Waals surface area (Å²) in [6.45, 7) is 0. The maximum absolute atomic E-state index is 10.9. The fourth-order valence-electron chi connectivity index (χ4n) is 1.89. The number of nitrogens with zero attached hydrogens (tertiary/aromatic N) is 2. The summed E-state index contributed by atoms with van der Waals surface area (Å²) in [7, 11) is 0. The van der Waals surface area contributed by atoms with Crippen molar-refractivity contribution in [3.8, 4) is 0 Å². The molecule has 1 saturated carbocycles. The zero-order valence-electron chi connectivity index (χ0n) is 10.1. The molecule has 2 heterocycles. The molecule has 0 atom stereocenters. The number of hydrogen-bond acceptors (Lipinski definition) is 4. The van der Waals surface area contributed by atoms with E-state index < -0.39 is 5.97 Å². The van der Waals surface area contributed by atoms with Crippen molar-refractivity contribution in [1.29, 1.82) is 0 Å². The van der Waals surface area contributed by atoms with Gasteiger partial charge in [-0.1, -0.05) is 0 Å². The van der Waals surface area contributed by atoms with Crippen LogP contribution in [0.15, 0.2) is 23.8 Å². The first kappa shape index (κ1) is 12.0. The summed E-state index contributed by atoms with van der Waals surface area (Å²) >= 11 is 1.61. The smallest absolute Gasteiger partial charge is 0.335 e. The first-order chi connectivity index (χ1) is 9.24. The number of carboxylic acids is 1. The highest BCUT2D eigenvalue weighted by Gasteiger charge is 2.27. The molecular formula is C14H12N2O2S. The van der Waals surface area contributed by atoms with Crippen LogP contribution < -0.4 is 0 Å². The van der Waals surface area contributed by atoms with E-state index in [1.54, 1.807) is 17.4 Å². The van der Waals surface area contributed by atoms with Crippen LogP contribution in [0.1, 0.15) is 45.4 Å². The molecule has 5 heteroatoms. The third-order valence-electron chi connectivity index (χ3n) is 3.02. The van der Waals surface area contributed by atoms with Gasteiger partial charge in [-0.25, -0.2) is 9.78 Å². The highest BCUT2D eigenvalue weighted by Crippen LogP contribution is 2.42. The van der Waals surface area contributed by atoms with E-state index in [4.69, 9.17) is 5.11 Å². The quantitative estimate of drug-likeness (QED) is 0.927. The van der Waals surface area contributed by atoms with Gasteiger partial charge in [0.15, 0.2) is 0 Å². The Balaban J connectivity index is 1.83. The number of rotatable bonds is 4. The van der Waals surface area contributed by atoms with Crippen molar-refractivity contribution in [3.05, 3.63) is 45.7 Å². The largest absolute Gasteiger partial charge is 0.478 e. The Kier molecular flexibility index (Phi) is 3.13. The molecular weight excluding hydrogens is 260 g/mol. The van der Waals surface area contributed by atoms with E-state index in [0.717, 1.165) is 10.6 Å². The van der Waals surface area contributed by atoms with E-state index in [1.807, 2.05) is 17.7 Å². The second-order valence-electron chi connectivity index (χ2n) is 4.48. The minimum absolute atomic E-state index is 0.251. The number of thiazole rings is 1. The lowest BCUT2D eigenvalue weighted by Crippen LogP contribution is -1.96. The van der Waals surface area contributed by atoms with Crippen LogP contribution in [-0.4, -0.2) is 21.0 Å². The second-order valence-corrected chi connectivity index (χ2v) is 5.37. The molecule has 2 aromatic heterocycles. The average Bonchev–Trinajstić information content (AvgIpc) is 3.16. The Hall–Kier alpha value is -2.01. The van der Waals surface area contributed by atoms with Crippen molar-refractivity contribution in [2.45, 2.75) is 18.8 Å². The van der Waals surface area contributed by atoms with Gasteiger partial charge in [0, 0.05) is 12.1 Å². The monoisotopic (exact) mass is 272 g/mol. The van der Waals surface area contributed by atoms with Crippen LogP contribution in [0, 0.1) is 0 Å². The molecule has 0 unspecified atom stereocenters. The predicted molar refractivity (Wildman–Crippen MR) is 74.2 cm³/mol. The van der Waals surface area contributed by atoms with Gasteiger partial charge in [0.25, 0.3) is 0 Å². The Bertz CT molecular complexity index is 644. The molecule has 0 saturated heterocycles. The summed E-state index contributed by atoms with van der Waals surface area (Å²) in [4.78, 5) is 20.6. The second kappa shape index (κ2) is 4.93. The molecule has 1 N–H and O–H groups in total. The first-order valence-corrected chi connectivity index (χ1v) is 6.93. The summed E-state index contributed by atoms with van der Waals surface area (Å²) in [5.74, 6) is -0.322. The van der Waals surface area contributed by atoms with E-state index in [2.05, 4.69) is 9.97 Å². The van der Waals surface area contributed by atoms with Crippen LogP contribution in [0.3, 0.4) is 0 Å². The highest BCUT2D eigenvalue weighted by atomic mass is 32.1. The first-order valence-electron chi connectivity index (χ1n) is 6.05. The third kappa shape index (κ3) is 2.71. The Morgan fingerprint density at radius 2 is 2.21 bits per heavy atom. The zero-order valence-corrected chi connectivity index (χ0v) is 10.9. The van der Waals surface area contributed by atoms with E-state index >= 15 is 0 Å². The molecule has 19 heavy (non-hydrogen) atoms. The van der Waals surface area contributed by atoms with Gasteiger partial charge in [-0.05, 0) is 37.1 Å². The molecule has 1 aliphatic rings. The van der Waals surface area contributed by atoms with E-state index in [1.165, 1.54) is 25.1 Å². The lowest BCUT2D eigenvalue weighted by atomic mass is 10.2. The summed E-state index contributed by atoms with van der Waals surface area (Å²) in [6.07, 6.45) is 7.76. The summed E-state index contributed by atoms with van der Waals surface area (Å²) < 4.78 is 0. The van der Waals surface area contributed by atoms with E-state index in [-0.39, 0.29) is 5.56 Å². The zero-order chi connectivity index (χ0) is 13.2. The number of aromatic carboxylic acids is 1. The standard InChI is InChI=1S/C14H12N2O2S/c17-14(18)10-5-6-15-11(7-10)3-4-12-13(9-1-2-9)16-8-19-12/h3-9H,1-2H2,(H,17,18)/b4-3+. The van der Waals surface area contributed by atoms with Crippen molar-refractivity contribution in [3.63, 3.8) is 0 Å². The number of carbonyl (C=O) groups is 1. The predicted octanol–water partition coefficient (Wildman–Crippen LogP) is 3.28. The Morgan fingerprint density at radius 1 is 1.37 bits per heavy atom. The Labute approximate surface area is 114 Å². The van der Waals surface area contributed by atoms with Crippen molar-refractivity contribution >= 4 is 29.5 Å². The summed E-state index contributed by atoms with van der Waals surface area (Å²) in [6, 6.07) is 3.05. The average molecular weight is 272 g/mol. The number of aromatic nitrogens is 2. The fraction of sp³-hybridized carbons (Fsp3) is 0.214. The van der Waals surface area contributed by atoms with Gasteiger partial charge in [-0.15, -0.1) is 11.3 Å². The molecule has 96 valence electrons. The van der Waals surface area contributed by atoms with Crippen molar-refractivity contribution in [1.82, 2.24) is 9.97 Å². The van der Waals surface area contributed by atoms with Crippen LogP contribution in [0.25, 0.3) is 12.2 Å². The molecule has 1 aliphatic carbocycles. The molecule has 0 bridgehead atoms. The van der Waals surface area contributed by atoms with Crippen LogP contribution in [0.5, 0.6) is 0 Å². The SMILES string of the molecule is O=C(O)c1ccnc(/C=C/c2scnc2C2CC2)c1. The highest BCUT2D eigenvalue weighted by molar-refractivity contribution is 7.10. The van der Waals surface area contributed by atoms with Gasteiger partial charge >= 0.3 is 5.97 Å². The van der Waals surface area contributed by atoms with Gasteiger partial charge < -0.3 is 5.11 Å². The maximum atomic E-state index is 10.9. The lowest BCUT2D eigenvalue weighted by molar-refractivity contribution is 0.0696. The number of pyridine rings is 1. The van der Waals surface area contributed by atoms with Crippen LogP contribution in [0.4, 0.5) is 0 Å². The van der Waals surface area contributed by atoms with E-state index in [0.29, 0.717) is 11.6 Å². The minimum Gasteiger partial charge on any atom is -0.478 e. The lowest BCUT2D eigenvalue weighted by Gasteiger charge is -1.96. The van der Waals surface area contributed by atoms with Gasteiger partial charge in [0.1, 0.15) is 0 Å². The topological polar surface area (TPSA) is 63.1 Å². The minimum atomic E-state index is -0.937. The van der Waals surface area contributed by atoms with Gasteiger partial charge in [0.2, 0.25) is 0 Å². The van der Waals surface area contributed by atoms with Gasteiger partial charge in [0.05, 0.1) is 27.3 Å². The van der Waals surface area contributed by atoms with Crippen molar-refractivity contribution < 1.29 is 9.90 Å². The van der Waals surface area contributed by atoms with Crippen LogP contribution >= 0.6 is 11.3 Å². The van der Waals surface area contributed by atoms with Gasteiger partial charge in [-0.3, -0.25) is 4.98 Å². The number of hydrogen-bond donors (Lipinski definition) is 1. The normalized spacial score (nSPS) is 14.9. The molecule has 0 aromatic carbocycles. The molecule has 4 nitrogen and oxygen atoms in total. The van der Waals surface area contributed by atoms with Crippen molar-refractivity contribution in [2.75, 3.05) is 0 Å². The van der Waals surface area contributed by atoms with Gasteiger partial charge in [-0.2, -0.15) is 0 Å². The fourth-order valence-corrected chi connectivity index (χ4v) is 2.65. The molecule has 1 fully saturated rings. The molecule has 2 aromatic rings. The van der Waals surface area contributed by atoms with Crippen molar-refractivity contribution in [2.24, 2.45) is 0 Å². The molecule has 0 spiro atoms. The molecule has 0 aliphatic heterocycles. The van der Waals surface area contributed by atoms with Crippen LogP contribution in [0.2, 0.25) is 0 Å². The summed E-state index contributed by atoms with van der Waals surface area (Å²) in [5, 5.41) is 8.93. The summed E-state index contributed by atoms with van der Waals surface area (Å²) in [5.41, 5.74) is 3.92. The number of carboxylic acid groups (broad SMARTS) is 1. The molecule has 0 amide bonds. The molecule has 3 rings (SSSR count). The maximum Gasteiger partial charge on any atom is 0.335 e. The van der Waals surface area contributed by atoms with Crippen LogP contribution in [-0.2, 0) is 0 Å².